The van der Waals surface area contributed by atoms with E-state index in [0.29, 0.717) is 18.3 Å². The van der Waals surface area contributed by atoms with E-state index >= 15 is 0 Å². The minimum Gasteiger partial charge on any atom is -0.497 e. The molecule has 2 heterocycles. The van der Waals surface area contributed by atoms with E-state index in [2.05, 4.69) is 22.2 Å². The average molecular weight is 330 g/mol. The zero-order valence-corrected chi connectivity index (χ0v) is 14.2. The molecule has 1 atom stereocenters. The molecule has 3 rings (SSSR count). The van der Waals surface area contributed by atoms with Crippen molar-refractivity contribution in [2.45, 2.75) is 32.4 Å². The first-order valence-electron chi connectivity index (χ1n) is 8.05. The maximum Gasteiger partial charge on any atom is 0.360 e. The average Bonchev–Trinajstić information content (AvgIpc) is 3.22. The number of esters is 1. The lowest BCUT2D eigenvalue weighted by Crippen LogP contribution is -2.24. The summed E-state index contributed by atoms with van der Waals surface area (Å²) in [6.07, 6.45) is 2.19. The van der Waals surface area contributed by atoms with E-state index in [1.807, 2.05) is 19.1 Å². The number of aromatic nitrogens is 1. The van der Waals surface area contributed by atoms with Crippen LogP contribution < -0.4 is 4.74 Å². The fourth-order valence-electron chi connectivity index (χ4n) is 3.28. The van der Waals surface area contributed by atoms with Gasteiger partial charge in [-0.2, -0.15) is 0 Å². The Morgan fingerprint density at radius 3 is 3.00 bits per heavy atom. The SMILES string of the molecule is COC(=O)c1noc(C)c1CN1CCC[C@@H]1c1cccc(OC)c1. The summed E-state index contributed by atoms with van der Waals surface area (Å²) in [7, 11) is 3.03. The maximum atomic E-state index is 11.9. The van der Waals surface area contributed by atoms with E-state index in [1.165, 1.54) is 12.7 Å². The van der Waals surface area contributed by atoms with Crippen molar-refractivity contribution in [1.82, 2.24) is 10.1 Å². The van der Waals surface area contributed by atoms with E-state index < -0.39 is 5.97 Å². The summed E-state index contributed by atoms with van der Waals surface area (Å²) in [5, 5.41) is 3.86. The first kappa shape index (κ1) is 16.5. The van der Waals surface area contributed by atoms with Crippen molar-refractivity contribution in [1.29, 1.82) is 0 Å². The number of hydrogen-bond acceptors (Lipinski definition) is 6. The van der Waals surface area contributed by atoms with Crippen molar-refractivity contribution in [3.05, 3.63) is 46.8 Å². The van der Waals surface area contributed by atoms with Crippen LogP contribution in [0.15, 0.2) is 28.8 Å². The molecule has 0 aliphatic carbocycles. The Morgan fingerprint density at radius 1 is 1.42 bits per heavy atom. The van der Waals surface area contributed by atoms with Crippen molar-refractivity contribution in [3.8, 4) is 5.75 Å². The third-order valence-corrected chi connectivity index (χ3v) is 4.57. The van der Waals surface area contributed by atoms with E-state index in [0.717, 1.165) is 30.7 Å². The van der Waals surface area contributed by atoms with Gasteiger partial charge in [-0.15, -0.1) is 0 Å². The molecule has 0 bridgehead atoms. The van der Waals surface area contributed by atoms with Gasteiger partial charge in [-0.25, -0.2) is 4.79 Å². The van der Waals surface area contributed by atoms with Gasteiger partial charge in [0.2, 0.25) is 0 Å². The third kappa shape index (κ3) is 3.14. The molecule has 1 aliphatic heterocycles. The molecule has 0 saturated carbocycles. The molecule has 1 fully saturated rings. The monoisotopic (exact) mass is 330 g/mol. The first-order chi connectivity index (χ1) is 11.6. The van der Waals surface area contributed by atoms with Crippen molar-refractivity contribution in [3.63, 3.8) is 0 Å². The number of methoxy groups -OCH3 is 2. The van der Waals surface area contributed by atoms with Crippen molar-refractivity contribution < 1.29 is 18.8 Å². The fraction of sp³-hybridized carbons (Fsp3) is 0.444. The molecule has 6 heteroatoms. The topological polar surface area (TPSA) is 64.8 Å². The highest BCUT2D eigenvalue weighted by Gasteiger charge is 2.30. The number of hydrogen-bond donors (Lipinski definition) is 0. The summed E-state index contributed by atoms with van der Waals surface area (Å²) in [5.41, 5.74) is 2.29. The van der Waals surface area contributed by atoms with Gasteiger partial charge in [-0.3, -0.25) is 4.90 Å². The predicted octanol–water partition coefficient (Wildman–Crippen LogP) is 3.12. The van der Waals surface area contributed by atoms with Crippen LogP contribution in [-0.2, 0) is 11.3 Å². The molecular formula is C18H22N2O4. The summed E-state index contributed by atoms with van der Waals surface area (Å²) in [6.45, 7) is 3.40. The molecule has 24 heavy (non-hydrogen) atoms. The molecule has 0 unspecified atom stereocenters. The predicted molar refractivity (Wildman–Crippen MR) is 88.0 cm³/mol. The highest BCUT2D eigenvalue weighted by atomic mass is 16.5. The minimum absolute atomic E-state index is 0.270. The Bertz CT molecular complexity index is 726. The van der Waals surface area contributed by atoms with Crippen molar-refractivity contribution in [2.24, 2.45) is 0 Å². The van der Waals surface area contributed by atoms with E-state index in [9.17, 15) is 4.79 Å². The van der Waals surface area contributed by atoms with Gasteiger partial charge in [0.1, 0.15) is 11.5 Å². The lowest BCUT2D eigenvalue weighted by atomic mass is 10.0. The number of carbonyl (C=O) groups is 1. The molecule has 1 aliphatic rings. The standard InChI is InChI=1S/C18H22N2O4/c1-12-15(17(19-24-12)18(21)23-3)11-20-9-5-8-16(20)13-6-4-7-14(10-13)22-2/h4,6-7,10,16H,5,8-9,11H2,1-3H3/t16-/m1/s1. The van der Waals surface area contributed by atoms with Crippen LogP contribution in [0, 0.1) is 6.92 Å². The van der Waals surface area contributed by atoms with Crippen molar-refractivity contribution >= 4 is 5.97 Å². The molecule has 128 valence electrons. The second-order valence-corrected chi connectivity index (χ2v) is 5.96. The van der Waals surface area contributed by atoms with Gasteiger partial charge in [-0.05, 0) is 44.0 Å². The zero-order valence-electron chi connectivity index (χ0n) is 14.2. The third-order valence-electron chi connectivity index (χ3n) is 4.57. The lowest BCUT2D eigenvalue weighted by molar-refractivity contribution is 0.0586. The van der Waals surface area contributed by atoms with Gasteiger partial charge in [0, 0.05) is 18.2 Å². The van der Waals surface area contributed by atoms with Crippen LogP contribution >= 0.6 is 0 Å². The van der Waals surface area contributed by atoms with Crippen LogP contribution in [0.1, 0.15) is 46.3 Å². The number of carbonyl (C=O) groups excluding carboxylic acids is 1. The summed E-state index contributed by atoms with van der Waals surface area (Å²) in [5.74, 6) is 1.06. The molecule has 1 aromatic carbocycles. The molecule has 1 aromatic heterocycles. The fourth-order valence-corrected chi connectivity index (χ4v) is 3.28. The van der Waals surface area contributed by atoms with Crippen LogP contribution in [0.2, 0.25) is 0 Å². The van der Waals surface area contributed by atoms with E-state index in [-0.39, 0.29) is 5.69 Å². The smallest absolute Gasteiger partial charge is 0.360 e. The molecule has 0 spiro atoms. The second-order valence-electron chi connectivity index (χ2n) is 5.96. The van der Waals surface area contributed by atoms with Gasteiger partial charge >= 0.3 is 5.97 Å². The number of aryl methyl sites for hydroxylation is 1. The zero-order chi connectivity index (χ0) is 17.1. The lowest BCUT2D eigenvalue weighted by Gasteiger charge is -2.25. The van der Waals surface area contributed by atoms with E-state index in [1.54, 1.807) is 7.11 Å². The molecule has 1 saturated heterocycles. The Labute approximate surface area is 141 Å². The van der Waals surface area contributed by atoms with E-state index in [4.69, 9.17) is 14.0 Å². The molecular weight excluding hydrogens is 308 g/mol. The first-order valence-corrected chi connectivity index (χ1v) is 8.05. The molecule has 0 N–H and O–H groups in total. The molecule has 2 aromatic rings. The van der Waals surface area contributed by atoms with Gasteiger partial charge in [0.25, 0.3) is 0 Å². The number of likely N-dealkylation sites (tertiary alicyclic amines) is 1. The van der Waals surface area contributed by atoms with Crippen LogP contribution in [0.3, 0.4) is 0 Å². The Morgan fingerprint density at radius 2 is 2.25 bits per heavy atom. The number of ether oxygens (including phenoxy) is 2. The van der Waals surface area contributed by atoms with Gasteiger partial charge in [0.15, 0.2) is 5.69 Å². The van der Waals surface area contributed by atoms with Gasteiger partial charge < -0.3 is 14.0 Å². The van der Waals surface area contributed by atoms with Gasteiger partial charge in [-0.1, -0.05) is 17.3 Å². The Kier molecular flexibility index (Phi) is 4.85. The summed E-state index contributed by atoms with van der Waals surface area (Å²) >= 11 is 0. The number of rotatable bonds is 5. The van der Waals surface area contributed by atoms with Crippen LogP contribution in [-0.4, -0.2) is 36.8 Å². The normalized spacial score (nSPS) is 17.9. The number of benzene rings is 1. The van der Waals surface area contributed by atoms with Crippen LogP contribution in [0.25, 0.3) is 0 Å². The quantitative estimate of drug-likeness (QED) is 0.785. The largest absolute Gasteiger partial charge is 0.497 e. The maximum absolute atomic E-state index is 11.9. The highest BCUT2D eigenvalue weighted by molar-refractivity contribution is 5.88. The molecule has 6 nitrogen and oxygen atoms in total. The Balaban J connectivity index is 1.84. The van der Waals surface area contributed by atoms with Gasteiger partial charge in [0.05, 0.1) is 14.2 Å². The summed E-state index contributed by atoms with van der Waals surface area (Å²) in [4.78, 5) is 14.2. The Hall–Kier alpha value is -2.34. The minimum atomic E-state index is -0.459. The molecule has 0 radical (unpaired) electrons. The van der Waals surface area contributed by atoms with Crippen molar-refractivity contribution in [2.75, 3.05) is 20.8 Å². The summed E-state index contributed by atoms with van der Waals surface area (Å²) < 4.78 is 15.3. The highest BCUT2D eigenvalue weighted by Crippen LogP contribution is 2.35. The summed E-state index contributed by atoms with van der Waals surface area (Å²) in [6, 6.07) is 8.44. The number of nitrogens with zero attached hydrogens (tertiary/aromatic N) is 2. The molecule has 0 amide bonds. The second kappa shape index (κ2) is 7.05. The van der Waals surface area contributed by atoms with Crippen LogP contribution in [0.5, 0.6) is 5.75 Å². The van der Waals surface area contributed by atoms with Crippen LogP contribution in [0.4, 0.5) is 0 Å².